The summed E-state index contributed by atoms with van der Waals surface area (Å²) >= 11 is 0. The van der Waals surface area contributed by atoms with Crippen molar-refractivity contribution in [2.24, 2.45) is 0 Å². The second-order valence-corrected chi connectivity index (χ2v) is 4.99. The summed E-state index contributed by atoms with van der Waals surface area (Å²) in [6.07, 6.45) is 4.25. The Morgan fingerprint density at radius 2 is 2.16 bits per heavy atom. The largest absolute Gasteiger partial charge is 0.508 e. The predicted octanol–water partition coefficient (Wildman–Crippen LogP) is 3.09. The number of nitrogens with zero attached hydrogens (tertiary/aromatic N) is 1. The van der Waals surface area contributed by atoms with Gasteiger partial charge in [-0.15, -0.1) is 0 Å². The Hall–Kier alpha value is -2.23. The molecule has 1 saturated carbocycles. The Labute approximate surface area is 111 Å². The average molecular weight is 256 g/mol. The maximum Gasteiger partial charge on any atom is 0.272 e. The van der Waals surface area contributed by atoms with E-state index in [4.69, 9.17) is 0 Å². The third-order valence-electron chi connectivity index (χ3n) is 3.41. The lowest BCUT2D eigenvalue weighted by Gasteiger charge is -2.11. The van der Waals surface area contributed by atoms with Crippen LogP contribution in [-0.4, -0.2) is 15.6 Å². The third-order valence-corrected chi connectivity index (χ3v) is 3.41. The molecule has 0 aliphatic heterocycles. The quantitative estimate of drug-likeness (QED) is 0.829. The highest BCUT2D eigenvalue weighted by atomic mass is 16.3. The van der Waals surface area contributed by atoms with E-state index in [0.29, 0.717) is 11.7 Å². The van der Waals surface area contributed by atoms with Gasteiger partial charge >= 0.3 is 0 Å². The molecule has 0 radical (unpaired) electrons. The maximum absolute atomic E-state index is 12.3. The zero-order valence-electron chi connectivity index (χ0n) is 10.8. The molecule has 0 saturated heterocycles. The van der Waals surface area contributed by atoms with Gasteiger partial charge in [-0.25, -0.2) is 0 Å². The van der Waals surface area contributed by atoms with Crippen LogP contribution in [0.25, 0.3) is 0 Å². The van der Waals surface area contributed by atoms with Crippen LogP contribution in [-0.2, 0) is 0 Å². The van der Waals surface area contributed by atoms with Crippen LogP contribution < -0.4 is 5.32 Å². The van der Waals surface area contributed by atoms with Crippen molar-refractivity contribution in [1.29, 1.82) is 0 Å². The molecule has 1 aromatic carbocycles. The van der Waals surface area contributed by atoms with Crippen LogP contribution in [0, 0.1) is 6.92 Å². The van der Waals surface area contributed by atoms with Crippen LogP contribution in [0.4, 0.5) is 5.69 Å². The number of aryl methyl sites for hydroxylation is 1. The lowest BCUT2D eigenvalue weighted by Crippen LogP contribution is -2.16. The van der Waals surface area contributed by atoms with Crippen LogP contribution in [0.3, 0.4) is 0 Å². The summed E-state index contributed by atoms with van der Waals surface area (Å²) in [6, 6.07) is 9.14. The van der Waals surface area contributed by atoms with E-state index < -0.39 is 0 Å². The molecule has 0 unspecified atom stereocenters. The first kappa shape index (κ1) is 11.8. The molecule has 1 fully saturated rings. The number of benzene rings is 1. The van der Waals surface area contributed by atoms with Gasteiger partial charge in [-0.05, 0) is 55.7 Å². The van der Waals surface area contributed by atoms with Crippen molar-refractivity contribution in [2.75, 3.05) is 5.32 Å². The van der Waals surface area contributed by atoms with Gasteiger partial charge in [0.15, 0.2) is 0 Å². The van der Waals surface area contributed by atoms with E-state index in [2.05, 4.69) is 5.32 Å². The highest BCUT2D eigenvalue weighted by molar-refractivity contribution is 6.03. The number of phenols is 1. The molecule has 4 heteroatoms. The van der Waals surface area contributed by atoms with Crippen molar-refractivity contribution in [3.8, 4) is 5.75 Å². The normalized spacial score (nSPS) is 14.4. The van der Waals surface area contributed by atoms with Gasteiger partial charge in [0, 0.05) is 17.9 Å². The fraction of sp³-hybridized carbons (Fsp3) is 0.267. The van der Waals surface area contributed by atoms with Gasteiger partial charge in [-0.3, -0.25) is 4.79 Å². The summed E-state index contributed by atoms with van der Waals surface area (Å²) in [5, 5.41) is 12.3. The molecule has 2 N–H and O–H groups in total. The van der Waals surface area contributed by atoms with Gasteiger partial charge in [-0.1, -0.05) is 0 Å². The lowest BCUT2D eigenvalue weighted by atomic mass is 10.2. The highest BCUT2D eigenvalue weighted by Crippen LogP contribution is 2.36. The summed E-state index contributed by atoms with van der Waals surface area (Å²) in [4.78, 5) is 12.3. The van der Waals surface area contributed by atoms with Crippen LogP contribution in [0.1, 0.15) is 34.9 Å². The number of hydrogen-bond acceptors (Lipinski definition) is 2. The zero-order chi connectivity index (χ0) is 13.4. The molecule has 98 valence electrons. The van der Waals surface area contributed by atoms with Gasteiger partial charge in [0.25, 0.3) is 5.91 Å². The maximum atomic E-state index is 12.3. The number of hydrogen-bond donors (Lipinski definition) is 2. The molecule has 3 rings (SSSR count). The third kappa shape index (κ3) is 2.34. The standard InChI is InChI=1S/C15H16N2O2/c1-10-9-12(18)6-7-13(10)16-15(19)14-3-2-8-17(14)11-4-5-11/h2-3,6-9,11,18H,4-5H2,1H3,(H,16,19). The molecule has 0 spiro atoms. The van der Waals surface area contributed by atoms with Crippen molar-refractivity contribution in [3.05, 3.63) is 47.8 Å². The number of carbonyl (C=O) groups is 1. The fourth-order valence-electron chi connectivity index (χ4n) is 2.23. The number of carbonyl (C=O) groups excluding carboxylic acids is 1. The van der Waals surface area contributed by atoms with Crippen LogP contribution in [0.5, 0.6) is 5.75 Å². The van der Waals surface area contributed by atoms with Crippen molar-refractivity contribution in [2.45, 2.75) is 25.8 Å². The number of phenolic OH excluding ortho intramolecular Hbond substituents is 1. The molecule has 1 aliphatic carbocycles. The van der Waals surface area contributed by atoms with E-state index in [1.54, 1.807) is 18.2 Å². The van der Waals surface area contributed by atoms with Crippen LogP contribution >= 0.6 is 0 Å². The fourth-order valence-corrected chi connectivity index (χ4v) is 2.23. The Bertz CT molecular complexity index is 627. The Balaban J connectivity index is 1.82. The van der Waals surface area contributed by atoms with Crippen molar-refractivity contribution >= 4 is 11.6 Å². The molecule has 1 amide bonds. The second-order valence-electron chi connectivity index (χ2n) is 4.99. The van der Waals surface area contributed by atoms with Crippen LogP contribution in [0.2, 0.25) is 0 Å². The monoisotopic (exact) mass is 256 g/mol. The van der Waals surface area contributed by atoms with Gasteiger partial charge in [0.1, 0.15) is 11.4 Å². The first-order valence-electron chi connectivity index (χ1n) is 6.43. The SMILES string of the molecule is Cc1cc(O)ccc1NC(=O)c1cccn1C1CC1. The Kier molecular flexibility index (Phi) is 2.78. The van der Waals surface area contributed by atoms with E-state index in [9.17, 15) is 9.90 Å². The number of nitrogens with one attached hydrogen (secondary N) is 1. The Morgan fingerprint density at radius 3 is 2.84 bits per heavy atom. The molecule has 1 heterocycles. The predicted molar refractivity (Wildman–Crippen MR) is 73.5 cm³/mol. The smallest absolute Gasteiger partial charge is 0.272 e. The van der Waals surface area contributed by atoms with Crippen LogP contribution in [0.15, 0.2) is 36.5 Å². The van der Waals surface area contributed by atoms with E-state index >= 15 is 0 Å². The molecule has 0 atom stereocenters. The number of rotatable bonds is 3. The summed E-state index contributed by atoms with van der Waals surface area (Å²) in [5.74, 6) is 0.0996. The van der Waals surface area contributed by atoms with E-state index in [1.807, 2.05) is 29.8 Å². The molecule has 19 heavy (non-hydrogen) atoms. The molecule has 2 aromatic rings. The van der Waals surface area contributed by atoms with E-state index in [0.717, 1.165) is 24.1 Å². The summed E-state index contributed by atoms with van der Waals surface area (Å²) < 4.78 is 2.03. The Morgan fingerprint density at radius 1 is 1.37 bits per heavy atom. The first-order valence-corrected chi connectivity index (χ1v) is 6.43. The molecule has 0 bridgehead atoms. The van der Waals surface area contributed by atoms with E-state index in [-0.39, 0.29) is 11.7 Å². The summed E-state index contributed by atoms with van der Waals surface area (Å²) in [6.45, 7) is 1.86. The second kappa shape index (κ2) is 4.46. The zero-order valence-corrected chi connectivity index (χ0v) is 10.8. The minimum absolute atomic E-state index is 0.106. The van der Waals surface area contributed by atoms with Gasteiger partial charge in [0.05, 0.1) is 0 Å². The van der Waals surface area contributed by atoms with Gasteiger partial charge in [-0.2, -0.15) is 0 Å². The number of aromatic hydroxyl groups is 1. The van der Waals surface area contributed by atoms with E-state index in [1.165, 1.54) is 0 Å². The van der Waals surface area contributed by atoms with Crippen molar-refractivity contribution < 1.29 is 9.90 Å². The summed E-state index contributed by atoms with van der Waals surface area (Å²) in [7, 11) is 0. The van der Waals surface area contributed by atoms with Gasteiger partial charge < -0.3 is 15.0 Å². The number of amides is 1. The first-order chi connectivity index (χ1) is 9.15. The average Bonchev–Trinajstić information content (AvgIpc) is 3.10. The topological polar surface area (TPSA) is 54.3 Å². The highest BCUT2D eigenvalue weighted by Gasteiger charge is 2.26. The van der Waals surface area contributed by atoms with Crippen molar-refractivity contribution in [3.63, 3.8) is 0 Å². The molecule has 1 aliphatic rings. The molecular weight excluding hydrogens is 240 g/mol. The molecule has 1 aromatic heterocycles. The lowest BCUT2D eigenvalue weighted by molar-refractivity contribution is 0.101. The summed E-state index contributed by atoms with van der Waals surface area (Å²) in [5.41, 5.74) is 2.26. The number of anilines is 1. The molecular formula is C15H16N2O2. The van der Waals surface area contributed by atoms with Gasteiger partial charge in [0.2, 0.25) is 0 Å². The number of aromatic nitrogens is 1. The minimum atomic E-state index is -0.106. The molecule has 4 nitrogen and oxygen atoms in total. The minimum Gasteiger partial charge on any atom is -0.508 e. The van der Waals surface area contributed by atoms with Crippen molar-refractivity contribution in [1.82, 2.24) is 4.57 Å².